The van der Waals surface area contributed by atoms with E-state index >= 15 is 0 Å². The van der Waals surface area contributed by atoms with Gasteiger partial charge in [-0.25, -0.2) is 4.98 Å². The topological polar surface area (TPSA) is 41.1 Å². The van der Waals surface area contributed by atoms with Crippen LogP contribution in [0.15, 0.2) is 12.4 Å². The lowest BCUT2D eigenvalue weighted by atomic mass is 9.95. The number of rotatable bonds is 2. The summed E-state index contributed by atoms with van der Waals surface area (Å²) in [5.41, 5.74) is 1.12. The molecule has 0 radical (unpaired) electrons. The molecule has 2 rings (SSSR count). The number of nitrogens with one attached hydrogen (secondary N) is 1. The number of nitrogens with zero attached hydrogens (tertiary/aromatic N) is 3. The van der Waals surface area contributed by atoms with Crippen LogP contribution >= 0.6 is 0 Å². The lowest BCUT2D eigenvalue weighted by Crippen LogP contribution is -2.31. The summed E-state index contributed by atoms with van der Waals surface area (Å²) >= 11 is 0. The molecule has 0 saturated carbocycles. The summed E-state index contributed by atoms with van der Waals surface area (Å²) in [7, 11) is 4.07. The van der Waals surface area contributed by atoms with E-state index in [0.717, 1.165) is 18.1 Å². The van der Waals surface area contributed by atoms with Gasteiger partial charge in [0.25, 0.3) is 0 Å². The molecule has 1 unspecified atom stereocenters. The van der Waals surface area contributed by atoms with E-state index in [0.29, 0.717) is 5.92 Å². The molecule has 1 saturated heterocycles. The van der Waals surface area contributed by atoms with Crippen molar-refractivity contribution in [3.05, 3.63) is 18.1 Å². The molecule has 1 aliphatic heterocycles. The van der Waals surface area contributed by atoms with Crippen molar-refractivity contribution in [2.24, 2.45) is 0 Å². The SMILES string of the molecule is CNc1nccnc1C1CCCN(C)C1. The summed E-state index contributed by atoms with van der Waals surface area (Å²) < 4.78 is 0. The number of likely N-dealkylation sites (N-methyl/N-ethyl adjacent to an activating group) is 1. The minimum absolute atomic E-state index is 0.528. The van der Waals surface area contributed by atoms with E-state index in [4.69, 9.17) is 0 Å². The Morgan fingerprint density at radius 2 is 2.20 bits per heavy atom. The molecule has 1 N–H and O–H groups in total. The van der Waals surface area contributed by atoms with E-state index in [1.165, 1.54) is 19.4 Å². The fraction of sp³-hybridized carbons (Fsp3) is 0.636. The molecule has 1 aliphatic rings. The largest absolute Gasteiger partial charge is 0.372 e. The van der Waals surface area contributed by atoms with Crippen LogP contribution < -0.4 is 5.32 Å². The van der Waals surface area contributed by atoms with E-state index in [1.807, 2.05) is 7.05 Å². The molecule has 1 aromatic heterocycles. The normalized spacial score (nSPS) is 22.7. The van der Waals surface area contributed by atoms with Gasteiger partial charge in [-0.2, -0.15) is 0 Å². The fourth-order valence-corrected chi connectivity index (χ4v) is 2.23. The lowest BCUT2D eigenvalue weighted by Gasteiger charge is -2.29. The Morgan fingerprint density at radius 1 is 1.40 bits per heavy atom. The Kier molecular flexibility index (Phi) is 3.16. The van der Waals surface area contributed by atoms with E-state index in [2.05, 4.69) is 27.2 Å². The summed E-state index contributed by atoms with van der Waals surface area (Å²) in [5.74, 6) is 1.46. The van der Waals surface area contributed by atoms with Crippen LogP contribution in [0.5, 0.6) is 0 Å². The zero-order chi connectivity index (χ0) is 10.7. The van der Waals surface area contributed by atoms with E-state index in [-0.39, 0.29) is 0 Å². The molecule has 0 bridgehead atoms. The van der Waals surface area contributed by atoms with Gasteiger partial charge in [0.1, 0.15) is 5.82 Å². The highest BCUT2D eigenvalue weighted by Gasteiger charge is 2.22. The Hall–Kier alpha value is -1.16. The Labute approximate surface area is 90.7 Å². The van der Waals surface area contributed by atoms with Gasteiger partial charge in [0, 0.05) is 31.9 Å². The molecular weight excluding hydrogens is 188 g/mol. The van der Waals surface area contributed by atoms with Gasteiger partial charge in [-0.05, 0) is 26.4 Å². The summed E-state index contributed by atoms with van der Waals surface area (Å²) in [6, 6.07) is 0. The third-order valence-electron chi connectivity index (χ3n) is 2.97. The van der Waals surface area contributed by atoms with Crippen molar-refractivity contribution < 1.29 is 0 Å². The Bertz CT molecular complexity index is 326. The van der Waals surface area contributed by atoms with Crippen LogP contribution in [0.2, 0.25) is 0 Å². The van der Waals surface area contributed by atoms with Crippen molar-refractivity contribution in [3.8, 4) is 0 Å². The van der Waals surface area contributed by atoms with Crippen molar-refractivity contribution in [3.63, 3.8) is 0 Å². The molecule has 0 aliphatic carbocycles. The molecule has 1 fully saturated rings. The molecular formula is C11H18N4. The Balaban J connectivity index is 2.20. The van der Waals surface area contributed by atoms with E-state index < -0.39 is 0 Å². The highest BCUT2D eigenvalue weighted by Crippen LogP contribution is 2.28. The quantitative estimate of drug-likeness (QED) is 0.792. The third kappa shape index (κ3) is 2.26. The van der Waals surface area contributed by atoms with E-state index in [9.17, 15) is 0 Å². The first-order chi connectivity index (χ1) is 7.31. The van der Waals surface area contributed by atoms with Gasteiger partial charge in [0.15, 0.2) is 0 Å². The maximum atomic E-state index is 4.46. The monoisotopic (exact) mass is 206 g/mol. The average Bonchev–Trinajstić information content (AvgIpc) is 2.29. The molecule has 4 nitrogen and oxygen atoms in total. The molecule has 0 spiro atoms. The highest BCUT2D eigenvalue weighted by atomic mass is 15.1. The van der Waals surface area contributed by atoms with Gasteiger partial charge in [-0.3, -0.25) is 4.98 Å². The van der Waals surface area contributed by atoms with Crippen molar-refractivity contribution in [2.75, 3.05) is 32.5 Å². The summed E-state index contributed by atoms with van der Waals surface area (Å²) in [6.07, 6.45) is 5.99. The van der Waals surface area contributed by atoms with Crippen LogP contribution in [0, 0.1) is 0 Å². The second-order valence-electron chi connectivity index (χ2n) is 4.14. The molecule has 0 aromatic carbocycles. The van der Waals surface area contributed by atoms with Crippen molar-refractivity contribution >= 4 is 5.82 Å². The molecule has 15 heavy (non-hydrogen) atoms. The number of hydrogen-bond donors (Lipinski definition) is 1. The summed E-state index contributed by atoms with van der Waals surface area (Å²) in [6.45, 7) is 2.29. The standard InChI is InChI=1S/C11H18N4/c1-12-11-10(13-5-6-14-11)9-4-3-7-15(2)8-9/h5-6,9H,3-4,7-8H2,1-2H3,(H,12,14). The van der Waals surface area contributed by atoms with Crippen LogP contribution in [-0.4, -0.2) is 42.1 Å². The average molecular weight is 206 g/mol. The molecule has 4 heteroatoms. The van der Waals surface area contributed by atoms with E-state index in [1.54, 1.807) is 12.4 Å². The number of hydrogen-bond acceptors (Lipinski definition) is 4. The maximum Gasteiger partial charge on any atom is 0.147 e. The Morgan fingerprint density at radius 3 is 2.93 bits per heavy atom. The predicted octanol–water partition coefficient (Wildman–Crippen LogP) is 1.33. The highest BCUT2D eigenvalue weighted by molar-refractivity contribution is 5.41. The van der Waals surface area contributed by atoms with Gasteiger partial charge in [0.05, 0.1) is 5.69 Å². The van der Waals surface area contributed by atoms with Crippen molar-refractivity contribution in [2.45, 2.75) is 18.8 Å². The van der Waals surface area contributed by atoms with Crippen LogP contribution in [0.1, 0.15) is 24.5 Å². The number of piperidine rings is 1. The first-order valence-electron chi connectivity index (χ1n) is 5.48. The van der Waals surface area contributed by atoms with Gasteiger partial charge in [-0.15, -0.1) is 0 Å². The van der Waals surface area contributed by atoms with Crippen molar-refractivity contribution in [1.29, 1.82) is 0 Å². The number of anilines is 1. The molecule has 2 heterocycles. The second kappa shape index (κ2) is 4.57. The maximum absolute atomic E-state index is 4.46. The van der Waals surface area contributed by atoms with Crippen molar-refractivity contribution in [1.82, 2.24) is 14.9 Å². The molecule has 0 amide bonds. The van der Waals surface area contributed by atoms with Crippen LogP contribution in [0.3, 0.4) is 0 Å². The second-order valence-corrected chi connectivity index (χ2v) is 4.14. The van der Waals surface area contributed by atoms with Crippen LogP contribution in [-0.2, 0) is 0 Å². The summed E-state index contributed by atoms with van der Waals surface area (Å²) in [5, 5.41) is 3.12. The number of aromatic nitrogens is 2. The van der Waals surface area contributed by atoms with Gasteiger partial charge >= 0.3 is 0 Å². The first kappa shape index (κ1) is 10.4. The minimum atomic E-state index is 0.528. The first-order valence-corrected chi connectivity index (χ1v) is 5.48. The summed E-state index contributed by atoms with van der Waals surface area (Å²) in [4.78, 5) is 11.1. The van der Waals surface area contributed by atoms with Crippen LogP contribution in [0.4, 0.5) is 5.82 Å². The van der Waals surface area contributed by atoms with Gasteiger partial charge in [-0.1, -0.05) is 0 Å². The molecule has 82 valence electrons. The third-order valence-corrected chi connectivity index (χ3v) is 2.97. The lowest BCUT2D eigenvalue weighted by molar-refractivity contribution is 0.248. The molecule has 1 aromatic rings. The van der Waals surface area contributed by atoms with Crippen LogP contribution in [0.25, 0.3) is 0 Å². The van der Waals surface area contributed by atoms with Gasteiger partial charge < -0.3 is 10.2 Å². The number of likely N-dealkylation sites (tertiary alicyclic amines) is 1. The predicted molar refractivity (Wildman–Crippen MR) is 61.1 cm³/mol. The smallest absolute Gasteiger partial charge is 0.147 e. The minimum Gasteiger partial charge on any atom is -0.372 e. The zero-order valence-corrected chi connectivity index (χ0v) is 9.40. The molecule has 1 atom stereocenters. The van der Waals surface area contributed by atoms with Gasteiger partial charge in [0.2, 0.25) is 0 Å². The zero-order valence-electron chi connectivity index (χ0n) is 9.40. The fourth-order valence-electron chi connectivity index (χ4n) is 2.23.